The molecule has 0 saturated carbocycles. The van der Waals surface area contributed by atoms with Crippen molar-refractivity contribution < 1.29 is 60.9 Å². The van der Waals surface area contributed by atoms with Crippen LogP contribution in [0.5, 0.6) is 5.75 Å². The summed E-state index contributed by atoms with van der Waals surface area (Å²) >= 11 is 3.43. The number of piperidine rings is 1. The Morgan fingerprint density at radius 3 is 2.24 bits per heavy atom. The summed E-state index contributed by atoms with van der Waals surface area (Å²) in [5.74, 6) is -2.72. The molecule has 68 heavy (non-hydrogen) atoms. The van der Waals surface area contributed by atoms with Crippen LogP contribution in [0, 0.1) is 13.8 Å². The number of carbonyl (C=O) groups excluding carboxylic acids is 6. The van der Waals surface area contributed by atoms with Gasteiger partial charge in [0.1, 0.15) is 24.2 Å². The van der Waals surface area contributed by atoms with E-state index >= 15 is 0 Å². The number of imide groups is 2. The highest BCUT2D eigenvalue weighted by molar-refractivity contribution is 9.10. The molecule has 0 radical (unpaired) electrons. The summed E-state index contributed by atoms with van der Waals surface area (Å²) in [5.41, 5.74) is 8.38. The van der Waals surface area contributed by atoms with Crippen molar-refractivity contribution in [2.75, 3.05) is 76.6 Å². The second-order valence-corrected chi connectivity index (χ2v) is 18.0. The summed E-state index contributed by atoms with van der Waals surface area (Å²) in [6.45, 7) is 5.44. The summed E-state index contributed by atoms with van der Waals surface area (Å²) in [4.78, 5) is 84.4. The van der Waals surface area contributed by atoms with Gasteiger partial charge in [0, 0.05) is 37.9 Å². The molecule has 4 aromatic rings. The SMILES string of the molecule is Cc1cc(S(=O)(=O)NCCOCCOCCOCCOCCCC(=O)COc2cccc3c2C(=O)N(C2CCC(=O)NC2=O)C3=O)ccc1Nc1ncc(Br)c(Nc2cccc(C)c2C(N)=O)n1. The number of nitrogens with zero attached hydrogens (tertiary/aromatic N) is 3. The third-order valence-corrected chi connectivity index (χ3v) is 12.5. The molecule has 0 spiro atoms. The Balaban J connectivity index is 0.780. The zero-order valence-electron chi connectivity index (χ0n) is 37.3. The lowest BCUT2D eigenvalue weighted by molar-refractivity contribution is -0.136. The molecule has 1 saturated heterocycles. The number of nitrogens with one attached hydrogen (secondary N) is 4. The predicted molar refractivity (Wildman–Crippen MR) is 248 cm³/mol. The fraction of sp³-hybridized carbons (Fsp3) is 0.378. The number of hydrogen-bond donors (Lipinski definition) is 5. The standard InChI is InChI=1S/C45H51BrN8O13S/c1-27-6-3-9-34(38(27)40(47)57)50-41-32(46)25-48-45(53-41)51-33-12-11-30(24-28(33)2)68(61,62)49-15-17-64-19-21-66-23-22-65-20-18-63-16-5-7-29(55)26-67-36-10-4-8-31-39(36)44(60)54(43(31)59)35-13-14-37(56)52-42(35)58/h3-4,6,8-12,24-25,35,49H,5,7,13-23,26H2,1-2H3,(H2,47,57)(H,52,56,58)(H2,48,50,51,53). The van der Waals surface area contributed by atoms with Gasteiger partial charge in [-0.3, -0.25) is 39.0 Å². The zero-order valence-corrected chi connectivity index (χ0v) is 39.7. The molecule has 21 nitrogen and oxygen atoms in total. The molecule has 3 heterocycles. The number of benzene rings is 3. The molecule has 1 unspecified atom stereocenters. The zero-order chi connectivity index (χ0) is 48.8. The van der Waals surface area contributed by atoms with Crippen molar-refractivity contribution in [3.63, 3.8) is 0 Å². The molecular formula is C45H51BrN8O13S. The van der Waals surface area contributed by atoms with E-state index in [0.717, 1.165) is 4.90 Å². The van der Waals surface area contributed by atoms with Gasteiger partial charge in [-0.15, -0.1) is 0 Å². The van der Waals surface area contributed by atoms with E-state index in [0.29, 0.717) is 77.8 Å². The second-order valence-electron chi connectivity index (χ2n) is 15.4. The lowest BCUT2D eigenvalue weighted by atomic mass is 10.0. The van der Waals surface area contributed by atoms with Crippen molar-refractivity contribution in [3.05, 3.63) is 93.1 Å². The smallest absolute Gasteiger partial charge is 0.266 e. The summed E-state index contributed by atoms with van der Waals surface area (Å²) in [5, 5.41) is 8.38. The fourth-order valence-corrected chi connectivity index (χ4v) is 8.49. The Hall–Kier alpha value is -6.21. The van der Waals surface area contributed by atoms with Crippen LogP contribution in [0.2, 0.25) is 0 Å². The number of carbonyl (C=O) groups is 6. The maximum Gasteiger partial charge on any atom is 0.266 e. The average Bonchev–Trinajstić information content (AvgIpc) is 3.55. The molecule has 2 aliphatic heterocycles. The van der Waals surface area contributed by atoms with E-state index in [2.05, 4.69) is 46.6 Å². The monoisotopic (exact) mass is 1020 g/mol. The minimum atomic E-state index is -3.83. The van der Waals surface area contributed by atoms with Gasteiger partial charge in [-0.2, -0.15) is 4.98 Å². The molecule has 5 amide bonds. The first kappa shape index (κ1) is 51.2. The predicted octanol–water partition coefficient (Wildman–Crippen LogP) is 3.62. The highest BCUT2D eigenvalue weighted by Gasteiger charge is 2.46. The maximum absolute atomic E-state index is 13.2. The van der Waals surface area contributed by atoms with Gasteiger partial charge in [0.15, 0.2) is 5.78 Å². The van der Waals surface area contributed by atoms with Crippen LogP contribution in [0.4, 0.5) is 23.1 Å². The highest BCUT2D eigenvalue weighted by atomic mass is 79.9. The van der Waals surface area contributed by atoms with Gasteiger partial charge in [0.25, 0.3) is 17.7 Å². The number of halogens is 1. The number of sulfonamides is 1. The molecule has 1 fully saturated rings. The lowest BCUT2D eigenvalue weighted by Crippen LogP contribution is -2.54. The van der Waals surface area contributed by atoms with Crippen LogP contribution >= 0.6 is 15.9 Å². The molecule has 0 aliphatic carbocycles. The number of aryl methyl sites for hydroxylation is 2. The van der Waals surface area contributed by atoms with Crippen molar-refractivity contribution in [2.24, 2.45) is 5.73 Å². The van der Waals surface area contributed by atoms with E-state index in [9.17, 15) is 37.2 Å². The number of ether oxygens (including phenoxy) is 5. The van der Waals surface area contributed by atoms with Crippen molar-refractivity contribution >= 4 is 84.4 Å². The number of rotatable bonds is 27. The van der Waals surface area contributed by atoms with Crippen LogP contribution in [-0.2, 0) is 43.4 Å². The average molecular weight is 1020 g/mol. The topological polar surface area (TPSA) is 286 Å². The molecule has 0 bridgehead atoms. The molecule has 6 rings (SSSR count). The molecule has 23 heteroatoms. The lowest BCUT2D eigenvalue weighted by Gasteiger charge is -2.27. The number of amides is 5. The number of hydrogen-bond acceptors (Lipinski definition) is 17. The van der Waals surface area contributed by atoms with Gasteiger partial charge in [0.05, 0.1) is 78.0 Å². The molecule has 1 atom stereocenters. The number of fused-ring (bicyclic) bond motifs is 1. The fourth-order valence-electron chi connectivity index (χ4n) is 7.10. The van der Waals surface area contributed by atoms with Crippen LogP contribution in [0.3, 0.4) is 0 Å². The Morgan fingerprint density at radius 2 is 1.54 bits per heavy atom. The van der Waals surface area contributed by atoms with Crippen LogP contribution in [0.1, 0.15) is 67.9 Å². The van der Waals surface area contributed by atoms with Gasteiger partial charge < -0.3 is 40.1 Å². The van der Waals surface area contributed by atoms with E-state index < -0.39 is 45.6 Å². The van der Waals surface area contributed by atoms with Gasteiger partial charge in [-0.05, 0) is 90.1 Å². The second kappa shape index (κ2) is 24.2. The molecule has 2 aliphatic rings. The molecule has 362 valence electrons. The van der Waals surface area contributed by atoms with E-state index in [1.165, 1.54) is 36.5 Å². The van der Waals surface area contributed by atoms with Gasteiger partial charge in [-0.1, -0.05) is 18.2 Å². The molecule has 1 aromatic heterocycles. The minimum absolute atomic E-state index is 0.000924. The van der Waals surface area contributed by atoms with Gasteiger partial charge >= 0.3 is 0 Å². The van der Waals surface area contributed by atoms with Crippen molar-refractivity contribution in [1.82, 2.24) is 24.9 Å². The first-order valence-electron chi connectivity index (χ1n) is 21.5. The summed E-state index contributed by atoms with van der Waals surface area (Å²) in [7, 11) is -3.83. The summed E-state index contributed by atoms with van der Waals surface area (Å²) in [6.07, 6.45) is 2.15. The van der Waals surface area contributed by atoms with Crippen molar-refractivity contribution in [3.8, 4) is 5.75 Å². The Kier molecular flexibility index (Phi) is 18.2. The summed E-state index contributed by atoms with van der Waals surface area (Å²) in [6, 6.07) is 13.2. The first-order chi connectivity index (χ1) is 32.6. The maximum atomic E-state index is 13.2. The number of aromatic nitrogens is 2. The molecular weight excluding hydrogens is 973 g/mol. The van der Waals surface area contributed by atoms with Crippen LogP contribution < -0.4 is 31.1 Å². The van der Waals surface area contributed by atoms with E-state index in [1.54, 1.807) is 38.1 Å². The first-order valence-corrected chi connectivity index (χ1v) is 23.8. The third-order valence-electron chi connectivity index (χ3n) is 10.5. The van der Waals surface area contributed by atoms with E-state index in [4.69, 9.17) is 29.4 Å². The number of Topliss-reactive ketones (excluding diaryl/α,β-unsaturated/α-hetero) is 1. The number of ketones is 1. The Labute approximate surface area is 400 Å². The largest absolute Gasteiger partial charge is 0.485 e. The van der Waals surface area contributed by atoms with Gasteiger partial charge in [0.2, 0.25) is 27.8 Å². The van der Waals surface area contributed by atoms with E-state index in [1.807, 2.05) is 0 Å². The van der Waals surface area contributed by atoms with Crippen molar-refractivity contribution in [2.45, 2.75) is 50.5 Å². The van der Waals surface area contributed by atoms with Crippen LogP contribution in [0.15, 0.2) is 70.2 Å². The van der Waals surface area contributed by atoms with Gasteiger partial charge in [-0.25, -0.2) is 18.1 Å². The number of anilines is 4. The number of primary amides is 1. The Morgan fingerprint density at radius 1 is 0.853 bits per heavy atom. The molecule has 3 aromatic carbocycles. The highest BCUT2D eigenvalue weighted by Crippen LogP contribution is 2.34. The quantitative estimate of drug-likeness (QED) is 0.0421. The van der Waals surface area contributed by atoms with Crippen LogP contribution in [-0.4, -0.2) is 131 Å². The van der Waals surface area contributed by atoms with Crippen LogP contribution in [0.25, 0.3) is 0 Å². The normalized spacial score (nSPS) is 14.8. The molecule has 6 N–H and O–H groups in total. The third kappa shape index (κ3) is 13.5. The van der Waals surface area contributed by atoms with E-state index in [-0.39, 0.29) is 85.7 Å². The minimum Gasteiger partial charge on any atom is -0.485 e. The number of nitrogens with two attached hydrogens (primary N) is 1. The summed E-state index contributed by atoms with van der Waals surface area (Å²) < 4.78 is 56.7. The Bertz CT molecular complexity index is 2650. The van der Waals surface area contributed by atoms with Crippen molar-refractivity contribution in [1.29, 1.82) is 0 Å².